The van der Waals surface area contributed by atoms with E-state index in [0.717, 1.165) is 29.4 Å². The molecule has 1 unspecified atom stereocenters. The minimum atomic E-state index is 0.545. The molecular weight excluding hydrogens is 208 g/mol. The number of benzene rings is 1. The first-order valence-corrected chi connectivity index (χ1v) is 5.98. The fourth-order valence-electron chi connectivity index (χ4n) is 2.04. The smallest absolute Gasteiger partial charge is 0.0767 e. The molecule has 1 aliphatic rings. The van der Waals surface area contributed by atoms with Crippen LogP contribution < -0.4 is 10.6 Å². The first-order chi connectivity index (χ1) is 7.31. The molecule has 1 aromatic carbocycles. The number of rotatable bonds is 2. The van der Waals surface area contributed by atoms with Crippen molar-refractivity contribution in [3.63, 3.8) is 0 Å². The zero-order chi connectivity index (χ0) is 10.7. The van der Waals surface area contributed by atoms with Crippen LogP contribution in [0.2, 0.25) is 5.02 Å². The molecular formula is C12H17ClN2. The molecule has 2 rings (SSSR count). The largest absolute Gasteiger partial charge is 0.383 e. The van der Waals surface area contributed by atoms with Gasteiger partial charge in [0, 0.05) is 12.6 Å². The Morgan fingerprint density at radius 3 is 3.13 bits per heavy atom. The molecule has 3 heteroatoms. The predicted octanol–water partition coefficient (Wildman–Crippen LogP) is 3.74. The molecule has 0 bridgehead atoms. The van der Waals surface area contributed by atoms with Crippen LogP contribution in [0.5, 0.6) is 0 Å². The molecule has 2 N–H and O–H groups in total. The minimum absolute atomic E-state index is 0.545. The van der Waals surface area contributed by atoms with Gasteiger partial charge < -0.3 is 10.6 Å². The van der Waals surface area contributed by atoms with Crippen molar-refractivity contribution in [2.24, 2.45) is 0 Å². The van der Waals surface area contributed by atoms with Gasteiger partial charge in [0.1, 0.15) is 0 Å². The van der Waals surface area contributed by atoms with E-state index in [1.165, 1.54) is 12.8 Å². The van der Waals surface area contributed by atoms with Crippen LogP contribution in [0.4, 0.5) is 11.4 Å². The maximum absolute atomic E-state index is 6.18. The number of hydrogen-bond donors (Lipinski definition) is 2. The van der Waals surface area contributed by atoms with Crippen molar-refractivity contribution in [3.8, 4) is 0 Å². The molecule has 0 aliphatic carbocycles. The summed E-state index contributed by atoms with van der Waals surface area (Å²) >= 11 is 6.18. The van der Waals surface area contributed by atoms with Gasteiger partial charge in [-0.2, -0.15) is 0 Å². The SMILES string of the molecule is CCCC1CCNc2cccc(Cl)c2N1. The van der Waals surface area contributed by atoms with E-state index in [1.807, 2.05) is 12.1 Å². The average molecular weight is 225 g/mol. The Hall–Kier alpha value is -0.890. The summed E-state index contributed by atoms with van der Waals surface area (Å²) < 4.78 is 0. The highest BCUT2D eigenvalue weighted by molar-refractivity contribution is 6.34. The summed E-state index contributed by atoms with van der Waals surface area (Å²) in [5, 5.41) is 7.75. The Bertz CT molecular complexity index is 338. The van der Waals surface area contributed by atoms with Gasteiger partial charge in [0.15, 0.2) is 0 Å². The number of para-hydroxylation sites is 1. The lowest BCUT2D eigenvalue weighted by Crippen LogP contribution is -2.19. The molecule has 0 aromatic heterocycles. The lowest BCUT2D eigenvalue weighted by atomic mass is 10.1. The molecule has 15 heavy (non-hydrogen) atoms. The van der Waals surface area contributed by atoms with Gasteiger partial charge in [0.2, 0.25) is 0 Å². The van der Waals surface area contributed by atoms with Crippen molar-refractivity contribution in [2.45, 2.75) is 32.2 Å². The summed E-state index contributed by atoms with van der Waals surface area (Å²) in [6.07, 6.45) is 3.56. The highest BCUT2D eigenvalue weighted by Crippen LogP contribution is 2.33. The van der Waals surface area contributed by atoms with Crippen LogP contribution in [-0.2, 0) is 0 Å². The molecule has 0 radical (unpaired) electrons. The first kappa shape index (κ1) is 10.6. The van der Waals surface area contributed by atoms with Crippen molar-refractivity contribution in [1.29, 1.82) is 0 Å². The van der Waals surface area contributed by atoms with Crippen LogP contribution >= 0.6 is 11.6 Å². The molecule has 0 amide bonds. The quantitative estimate of drug-likeness (QED) is 0.800. The van der Waals surface area contributed by atoms with Crippen molar-refractivity contribution < 1.29 is 0 Å². The van der Waals surface area contributed by atoms with Crippen LogP contribution in [0.15, 0.2) is 18.2 Å². The number of halogens is 1. The van der Waals surface area contributed by atoms with Crippen molar-refractivity contribution in [3.05, 3.63) is 23.2 Å². The van der Waals surface area contributed by atoms with Gasteiger partial charge in [-0.15, -0.1) is 0 Å². The molecule has 1 heterocycles. The zero-order valence-electron chi connectivity index (χ0n) is 9.02. The maximum atomic E-state index is 6.18. The molecule has 0 saturated heterocycles. The summed E-state index contributed by atoms with van der Waals surface area (Å²) in [5.74, 6) is 0. The van der Waals surface area contributed by atoms with Gasteiger partial charge in [-0.3, -0.25) is 0 Å². The second kappa shape index (κ2) is 4.75. The van der Waals surface area contributed by atoms with Gasteiger partial charge in [-0.25, -0.2) is 0 Å². The maximum Gasteiger partial charge on any atom is 0.0767 e. The van der Waals surface area contributed by atoms with Crippen LogP contribution in [-0.4, -0.2) is 12.6 Å². The van der Waals surface area contributed by atoms with E-state index < -0.39 is 0 Å². The molecule has 1 atom stereocenters. The number of fused-ring (bicyclic) bond motifs is 1. The summed E-state index contributed by atoms with van der Waals surface area (Å²) in [6, 6.07) is 6.53. The lowest BCUT2D eigenvalue weighted by molar-refractivity contribution is 0.615. The second-order valence-corrected chi connectivity index (χ2v) is 4.41. The average Bonchev–Trinajstić information content (AvgIpc) is 2.42. The summed E-state index contributed by atoms with van der Waals surface area (Å²) in [5.41, 5.74) is 2.19. The van der Waals surface area contributed by atoms with E-state index in [2.05, 4.69) is 23.6 Å². The van der Waals surface area contributed by atoms with Crippen molar-refractivity contribution in [2.75, 3.05) is 17.2 Å². The molecule has 1 aromatic rings. The third-order valence-corrected chi connectivity index (χ3v) is 3.12. The highest BCUT2D eigenvalue weighted by atomic mass is 35.5. The number of hydrogen-bond acceptors (Lipinski definition) is 2. The van der Waals surface area contributed by atoms with E-state index in [0.29, 0.717) is 6.04 Å². The third-order valence-electron chi connectivity index (χ3n) is 2.81. The van der Waals surface area contributed by atoms with Gasteiger partial charge in [-0.1, -0.05) is 31.0 Å². The highest BCUT2D eigenvalue weighted by Gasteiger charge is 2.16. The lowest BCUT2D eigenvalue weighted by Gasteiger charge is -2.17. The first-order valence-electron chi connectivity index (χ1n) is 5.60. The second-order valence-electron chi connectivity index (χ2n) is 4.01. The monoisotopic (exact) mass is 224 g/mol. The Morgan fingerprint density at radius 2 is 2.33 bits per heavy atom. The summed E-state index contributed by atoms with van der Waals surface area (Å²) in [6.45, 7) is 3.23. The van der Waals surface area contributed by atoms with E-state index in [9.17, 15) is 0 Å². The number of nitrogens with one attached hydrogen (secondary N) is 2. The van der Waals surface area contributed by atoms with E-state index in [-0.39, 0.29) is 0 Å². The topological polar surface area (TPSA) is 24.1 Å². The molecule has 0 saturated carbocycles. The summed E-state index contributed by atoms with van der Waals surface area (Å²) in [7, 11) is 0. The van der Waals surface area contributed by atoms with Crippen LogP contribution in [0, 0.1) is 0 Å². The van der Waals surface area contributed by atoms with Gasteiger partial charge in [0.25, 0.3) is 0 Å². The van der Waals surface area contributed by atoms with Gasteiger partial charge in [-0.05, 0) is 25.0 Å². The van der Waals surface area contributed by atoms with Crippen LogP contribution in [0.1, 0.15) is 26.2 Å². The van der Waals surface area contributed by atoms with Crippen molar-refractivity contribution in [1.82, 2.24) is 0 Å². The van der Waals surface area contributed by atoms with E-state index in [4.69, 9.17) is 11.6 Å². The Kier molecular flexibility index (Phi) is 3.37. The zero-order valence-corrected chi connectivity index (χ0v) is 9.77. The minimum Gasteiger partial charge on any atom is -0.383 e. The normalized spacial score (nSPS) is 19.7. The predicted molar refractivity (Wildman–Crippen MR) is 66.9 cm³/mol. The standard InChI is InChI=1S/C12H17ClN2/c1-2-4-9-7-8-14-11-6-3-5-10(13)12(11)15-9/h3,5-6,9,14-15H,2,4,7-8H2,1H3. The van der Waals surface area contributed by atoms with Crippen LogP contribution in [0.3, 0.4) is 0 Å². The molecule has 82 valence electrons. The molecule has 0 fully saturated rings. The Morgan fingerprint density at radius 1 is 1.47 bits per heavy atom. The fraction of sp³-hybridized carbons (Fsp3) is 0.500. The Labute approximate surface area is 96.0 Å². The van der Waals surface area contributed by atoms with Gasteiger partial charge >= 0.3 is 0 Å². The molecule has 0 spiro atoms. The summed E-state index contributed by atoms with van der Waals surface area (Å²) in [4.78, 5) is 0. The third kappa shape index (κ3) is 2.37. The Balaban J connectivity index is 2.23. The molecule has 2 nitrogen and oxygen atoms in total. The van der Waals surface area contributed by atoms with E-state index >= 15 is 0 Å². The van der Waals surface area contributed by atoms with E-state index in [1.54, 1.807) is 0 Å². The number of anilines is 2. The molecule has 1 aliphatic heterocycles. The van der Waals surface area contributed by atoms with Gasteiger partial charge in [0.05, 0.1) is 16.4 Å². The van der Waals surface area contributed by atoms with Crippen molar-refractivity contribution >= 4 is 23.0 Å². The fourth-order valence-corrected chi connectivity index (χ4v) is 2.27. The van der Waals surface area contributed by atoms with Crippen LogP contribution in [0.25, 0.3) is 0 Å².